The quantitative estimate of drug-likeness (QED) is 0.758. The van der Waals surface area contributed by atoms with Gasteiger partial charge in [0, 0.05) is 12.0 Å². The Morgan fingerprint density at radius 1 is 1.38 bits per heavy atom. The zero-order chi connectivity index (χ0) is 11.5. The van der Waals surface area contributed by atoms with Gasteiger partial charge in [-0.05, 0) is 19.1 Å². The van der Waals surface area contributed by atoms with Gasteiger partial charge in [-0.3, -0.25) is 4.79 Å². The molecule has 2 atom stereocenters. The number of carbonyl (C=O) groups excluding carboxylic acids is 2. The molecule has 1 aliphatic rings. The average Bonchev–Trinajstić information content (AvgIpc) is 2.59. The summed E-state index contributed by atoms with van der Waals surface area (Å²) >= 11 is 0. The molecule has 1 aromatic carbocycles. The molecule has 2 unspecified atom stereocenters. The Bertz CT molecular complexity index is 402. The molecule has 4 heteroatoms. The number of rotatable bonds is 2. The molecule has 1 saturated heterocycles. The highest BCUT2D eigenvalue weighted by Crippen LogP contribution is 2.14. The van der Waals surface area contributed by atoms with Crippen LogP contribution in [0.4, 0.5) is 0 Å². The van der Waals surface area contributed by atoms with Crippen molar-refractivity contribution in [2.45, 2.75) is 25.5 Å². The van der Waals surface area contributed by atoms with Crippen LogP contribution in [0.5, 0.6) is 0 Å². The van der Waals surface area contributed by atoms with Crippen molar-refractivity contribution in [3.63, 3.8) is 0 Å². The summed E-state index contributed by atoms with van der Waals surface area (Å²) in [7, 11) is 0. The third-order valence-corrected chi connectivity index (χ3v) is 2.51. The van der Waals surface area contributed by atoms with E-state index in [-0.39, 0.29) is 18.0 Å². The fraction of sp³-hybridized carbons (Fsp3) is 0.333. The molecule has 1 aromatic rings. The fourth-order valence-electron chi connectivity index (χ4n) is 1.71. The van der Waals surface area contributed by atoms with Gasteiger partial charge in [0.25, 0.3) is 5.91 Å². The van der Waals surface area contributed by atoms with Crippen LogP contribution in [0.1, 0.15) is 23.7 Å². The molecule has 1 aliphatic heterocycles. The molecule has 0 aliphatic carbocycles. The minimum atomic E-state index is -0.511. The highest BCUT2D eigenvalue weighted by molar-refractivity contribution is 5.97. The first-order valence-electron chi connectivity index (χ1n) is 5.23. The van der Waals surface area contributed by atoms with E-state index in [0.717, 1.165) is 0 Å². The lowest BCUT2D eigenvalue weighted by Crippen LogP contribution is -2.37. The van der Waals surface area contributed by atoms with Gasteiger partial charge < -0.3 is 10.1 Å². The maximum Gasteiger partial charge on any atom is 0.329 e. The summed E-state index contributed by atoms with van der Waals surface area (Å²) < 4.78 is 4.96. The SMILES string of the molecule is CC1CC(NC(=O)c2ccccc2)C(=O)O1. The van der Waals surface area contributed by atoms with E-state index in [1.807, 2.05) is 13.0 Å². The highest BCUT2D eigenvalue weighted by atomic mass is 16.6. The van der Waals surface area contributed by atoms with E-state index < -0.39 is 6.04 Å². The van der Waals surface area contributed by atoms with E-state index in [9.17, 15) is 9.59 Å². The number of nitrogens with one attached hydrogen (secondary N) is 1. The number of hydrogen-bond donors (Lipinski definition) is 1. The second-order valence-electron chi connectivity index (χ2n) is 3.88. The maximum absolute atomic E-state index is 11.7. The summed E-state index contributed by atoms with van der Waals surface area (Å²) in [6.45, 7) is 1.81. The van der Waals surface area contributed by atoms with Crippen molar-refractivity contribution >= 4 is 11.9 Å². The summed E-state index contributed by atoms with van der Waals surface area (Å²) in [5.74, 6) is -0.589. The molecule has 1 amide bonds. The standard InChI is InChI=1S/C12H13NO3/c1-8-7-10(12(15)16-8)13-11(14)9-5-3-2-4-6-9/h2-6,8,10H,7H2,1H3,(H,13,14). The summed E-state index contributed by atoms with van der Waals surface area (Å²) in [5, 5.41) is 2.66. The Labute approximate surface area is 93.6 Å². The maximum atomic E-state index is 11.7. The second-order valence-corrected chi connectivity index (χ2v) is 3.88. The normalized spacial score (nSPS) is 23.9. The molecule has 0 spiro atoms. The lowest BCUT2D eigenvalue weighted by molar-refractivity contribution is -0.142. The minimum Gasteiger partial charge on any atom is -0.461 e. The predicted octanol–water partition coefficient (Wildman–Crippen LogP) is 1.12. The second kappa shape index (κ2) is 4.35. The van der Waals surface area contributed by atoms with Gasteiger partial charge in [0.2, 0.25) is 0 Å². The van der Waals surface area contributed by atoms with Crippen molar-refractivity contribution in [2.24, 2.45) is 0 Å². The molecule has 0 saturated carbocycles. The molecule has 1 fully saturated rings. The molecule has 1 heterocycles. The molecular weight excluding hydrogens is 206 g/mol. The topological polar surface area (TPSA) is 55.4 Å². The Morgan fingerprint density at radius 2 is 2.06 bits per heavy atom. The molecule has 4 nitrogen and oxygen atoms in total. The van der Waals surface area contributed by atoms with Gasteiger partial charge in [-0.1, -0.05) is 18.2 Å². The largest absolute Gasteiger partial charge is 0.461 e. The Morgan fingerprint density at radius 3 is 2.62 bits per heavy atom. The molecular formula is C12H13NO3. The predicted molar refractivity (Wildman–Crippen MR) is 57.9 cm³/mol. The third-order valence-electron chi connectivity index (χ3n) is 2.51. The lowest BCUT2D eigenvalue weighted by Gasteiger charge is -2.08. The van der Waals surface area contributed by atoms with Gasteiger partial charge in [-0.2, -0.15) is 0 Å². The van der Waals surface area contributed by atoms with Crippen LogP contribution < -0.4 is 5.32 Å². The van der Waals surface area contributed by atoms with Crippen molar-refractivity contribution in [3.8, 4) is 0 Å². The van der Waals surface area contributed by atoms with Gasteiger partial charge in [0.05, 0.1) is 0 Å². The van der Waals surface area contributed by atoms with E-state index in [0.29, 0.717) is 12.0 Å². The van der Waals surface area contributed by atoms with Crippen molar-refractivity contribution in [3.05, 3.63) is 35.9 Å². The number of benzene rings is 1. The van der Waals surface area contributed by atoms with E-state index >= 15 is 0 Å². The summed E-state index contributed by atoms with van der Waals surface area (Å²) in [6, 6.07) is 8.30. The third kappa shape index (κ3) is 2.21. The highest BCUT2D eigenvalue weighted by Gasteiger charge is 2.32. The van der Waals surface area contributed by atoms with E-state index in [1.54, 1.807) is 24.3 Å². The van der Waals surface area contributed by atoms with Gasteiger partial charge in [0.15, 0.2) is 0 Å². The number of esters is 1. The van der Waals surface area contributed by atoms with Crippen molar-refractivity contribution in [2.75, 3.05) is 0 Å². The van der Waals surface area contributed by atoms with Crippen molar-refractivity contribution in [1.29, 1.82) is 0 Å². The van der Waals surface area contributed by atoms with Gasteiger partial charge in [0.1, 0.15) is 12.1 Å². The van der Waals surface area contributed by atoms with Gasteiger partial charge >= 0.3 is 5.97 Å². The van der Waals surface area contributed by atoms with Crippen LogP contribution in [-0.2, 0) is 9.53 Å². The molecule has 16 heavy (non-hydrogen) atoms. The number of hydrogen-bond acceptors (Lipinski definition) is 3. The zero-order valence-corrected chi connectivity index (χ0v) is 8.97. The number of cyclic esters (lactones) is 1. The first-order valence-corrected chi connectivity index (χ1v) is 5.23. The van der Waals surface area contributed by atoms with Crippen molar-refractivity contribution in [1.82, 2.24) is 5.32 Å². The average molecular weight is 219 g/mol. The minimum absolute atomic E-state index is 0.117. The van der Waals surface area contributed by atoms with Gasteiger partial charge in [-0.25, -0.2) is 4.79 Å². The van der Waals surface area contributed by atoms with Crippen LogP contribution >= 0.6 is 0 Å². The van der Waals surface area contributed by atoms with Crippen LogP contribution in [0.15, 0.2) is 30.3 Å². The molecule has 0 bridgehead atoms. The Hall–Kier alpha value is -1.84. The van der Waals surface area contributed by atoms with Crippen LogP contribution in [-0.4, -0.2) is 24.0 Å². The molecule has 1 N–H and O–H groups in total. The van der Waals surface area contributed by atoms with Crippen LogP contribution in [0, 0.1) is 0 Å². The first-order chi connectivity index (χ1) is 7.66. The van der Waals surface area contributed by atoms with Crippen LogP contribution in [0.3, 0.4) is 0 Å². The van der Waals surface area contributed by atoms with E-state index in [1.165, 1.54) is 0 Å². The first kappa shape index (κ1) is 10.7. The van der Waals surface area contributed by atoms with E-state index in [4.69, 9.17) is 4.74 Å². The van der Waals surface area contributed by atoms with Crippen LogP contribution in [0.25, 0.3) is 0 Å². The van der Waals surface area contributed by atoms with E-state index in [2.05, 4.69) is 5.32 Å². The lowest BCUT2D eigenvalue weighted by atomic mass is 10.1. The number of amides is 1. The Kier molecular flexibility index (Phi) is 2.90. The fourth-order valence-corrected chi connectivity index (χ4v) is 1.71. The number of carbonyl (C=O) groups is 2. The smallest absolute Gasteiger partial charge is 0.329 e. The van der Waals surface area contributed by atoms with Gasteiger partial charge in [-0.15, -0.1) is 0 Å². The van der Waals surface area contributed by atoms with Crippen molar-refractivity contribution < 1.29 is 14.3 Å². The molecule has 2 rings (SSSR count). The molecule has 84 valence electrons. The molecule has 0 aromatic heterocycles. The monoisotopic (exact) mass is 219 g/mol. The number of ether oxygens (including phenoxy) is 1. The summed E-state index contributed by atoms with van der Waals surface area (Å²) in [4.78, 5) is 23.0. The zero-order valence-electron chi connectivity index (χ0n) is 8.97. The Balaban J connectivity index is 2.01. The summed E-state index contributed by atoms with van der Waals surface area (Å²) in [5.41, 5.74) is 0.551. The summed E-state index contributed by atoms with van der Waals surface area (Å²) in [6.07, 6.45) is 0.422. The van der Waals surface area contributed by atoms with Crippen LogP contribution in [0.2, 0.25) is 0 Å². The molecule has 0 radical (unpaired) electrons.